The Hall–Kier alpha value is -1.46. The number of nitro benzene ring substituents is 1. The summed E-state index contributed by atoms with van der Waals surface area (Å²) >= 11 is 0. The van der Waals surface area contributed by atoms with E-state index in [9.17, 15) is 10.1 Å². The first kappa shape index (κ1) is 14.6. The zero-order valence-electron chi connectivity index (χ0n) is 10.7. The van der Waals surface area contributed by atoms with E-state index in [1.165, 1.54) is 0 Å². The molecule has 1 rings (SSSR count). The molecule has 0 atom stereocenters. The first-order chi connectivity index (χ1) is 8.74. The van der Waals surface area contributed by atoms with Crippen LogP contribution >= 0.6 is 0 Å². The van der Waals surface area contributed by atoms with Gasteiger partial charge in [-0.3, -0.25) is 10.1 Å². The van der Waals surface area contributed by atoms with Gasteiger partial charge in [-0.1, -0.05) is 12.1 Å². The monoisotopic (exact) mass is 252 g/mol. The summed E-state index contributed by atoms with van der Waals surface area (Å²) in [6.07, 6.45) is 1.89. The molecule has 0 saturated carbocycles. The molecule has 18 heavy (non-hydrogen) atoms. The summed E-state index contributed by atoms with van der Waals surface area (Å²) in [7, 11) is 0. The quantitative estimate of drug-likeness (QED) is 0.415. The second-order valence-corrected chi connectivity index (χ2v) is 3.97. The molecule has 1 aromatic carbocycles. The van der Waals surface area contributed by atoms with Gasteiger partial charge >= 0.3 is 0 Å². The first-order valence-electron chi connectivity index (χ1n) is 6.26. The zero-order chi connectivity index (χ0) is 13.2. The molecular formula is C13H20N2O3. The molecule has 0 radical (unpaired) electrons. The number of benzene rings is 1. The molecule has 0 aliphatic carbocycles. The van der Waals surface area contributed by atoms with Crippen LogP contribution in [-0.4, -0.2) is 31.2 Å². The fourth-order valence-corrected chi connectivity index (χ4v) is 1.59. The number of nitrogens with one attached hydrogen (secondary N) is 1. The number of hydrogen-bond acceptors (Lipinski definition) is 4. The Labute approximate surface area is 107 Å². The van der Waals surface area contributed by atoms with Crippen LogP contribution in [0, 0.1) is 10.1 Å². The molecule has 0 aliphatic rings. The Kier molecular flexibility index (Phi) is 6.98. The summed E-state index contributed by atoms with van der Waals surface area (Å²) in [5.74, 6) is 0. The highest BCUT2D eigenvalue weighted by Crippen LogP contribution is 2.11. The van der Waals surface area contributed by atoms with E-state index in [0.717, 1.165) is 44.7 Å². The topological polar surface area (TPSA) is 64.4 Å². The summed E-state index contributed by atoms with van der Waals surface area (Å²) in [4.78, 5) is 10.1. The van der Waals surface area contributed by atoms with Crippen molar-refractivity contribution < 1.29 is 9.66 Å². The van der Waals surface area contributed by atoms with Gasteiger partial charge in [-0.25, -0.2) is 0 Å². The van der Waals surface area contributed by atoms with Gasteiger partial charge in [0.15, 0.2) is 0 Å². The SMILES string of the molecule is CCOCCCNCCc1ccc([N+](=O)[O-])cc1. The van der Waals surface area contributed by atoms with Crippen molar-refractivity contribution in [3.63, 3.8) is 0 Å². The lowest BCUT2D eigenvalue weighted by Crippen LogP contribution is -2.19. The van der Waals surface area contributed by atoms with Crippen LogP contribution in [0.5, 0.6) is 0 Å². The number of rotatable bonds is 9. The molecule has 0 aromatic heterocycles. The maximum Gasteiger partial charge on any atom is 0.269 e. The van der Waals surface area contributed by atoms with E-state index in [2.05, 4.69) is 5.32 Å². The number of hydrogen-bond donors (Lipinski definition) is 1. The maximum absolute atomic E-state index is 10.5. The fraction of sp³-hybridized carbons (Fsp3) is 0.538. The molecule has 0 spiro atoms. The largest absolute Gasteiger partial charge is 0.382 e. The zero-order valence-corrected chi connectivity index (χ0v) is 10.7. The van der Waals surface area contributed by atoms with Crippen LogP contribution in [0.2, 0.25) is 0 Å². The third-order valence-corrected chi connectivity index (χ3v) is 2.58. The molecule has 1 aromatic rings. The van der Waals surface area contributed by atoms with Gasteiger partial charge < -0.3 is 10.1 Å². The van der Waals surface area contributed by atoms with Crippen LogP contribution in [0.4, 0.5) is 5.69 Å². The number of ether oxygens (including phenoxy) is 1. The highest BCUT2D eigenvalue weighted by molar-refractivity contribution is 5.32. The first-order valence-corrected chi connectivity index (χ1v) is 6.26. The molecule has 0 heterocycles. The predicted octanol–water partition coefficient (Wildman–Crippen LogP) is 2.15. The Morgan fingerprint density at radius 2 is 2.00 bits per heavy atom. The van der Waals surface area contributed by atoms with Crippen molar-refractivity contribution in [3.05, 3.63) is 39.9 Å². The molecule has 0 bridgehead atoms. The van der Waals surface area contributed by atoms with Gasteiger partial charge in [-0.2, -0.15) is 0 Å². The molecule has 0 saturated heterocycles. The van der Waals surface area contributed by atoms with Crippen LogP contribution in [0.25, 0.3) is 0 Å². The summed E-state index contributed by atoms with van der Waals surface area (Å²) in [6, 6.07) is 6.70. The summed E-state index contributed by atoms with van der Waals surface area (Å²) < 4.78 is 5.23. The van der Waals surface area contributed by atoms with Gasteiger partial charge in [-0.05, 0) is 38.4 Å². The molecule has 0 amide bonds. The minimum absolute atomic E-state index is 0.142. The standard InChI is InChI=1S/C13H20N2O3/c1-2-18-11-3-9-14-10-8-12-4-6-13(7-5-12)15(16)17/h4-7,14H,2-3,8-11H2,1H3. The maximum atomic E-state index is 10.5. The molecule has 100 valence electrons. The third-order valence-electron chi connectivity index (χ3n) is 2.58. The van der Waals surface area contributed by atoms with Gasteiger partial charge in [0.05, 0.1) is 4.92 Å². The smallest absolute Gasteiger partial charge is 0.269 e. The Morgan fingerprint density at radius 3 is 2.61 bits per heavy atom. The van der Waals surface area contributed by atoms with Gasteiger partial charge in [-0.15, -0.1) is 0 Å². The van der Waals surface area contributed by atoms with E-state index in [1.807, 2.05) is 6.92 Å². The molecule has 5 nitrogen and oxygen atoms in total. The van der Waals surface area contributed by atoms with Crippen LogP contribution in [-0.2, 0) is 11.2 Å². The summed E-state index contributed by atoms with van der Waals surface area (Å²) in [5, 5.41) is 13.8. The lowest BCUT2D eigenvalue weighted by molar-refractivity contribution is -0.384. The number of non-ortho nitro benzene ring substituents is 1. The van der Waals surface area contributed by atoms with Gasteiger partial charge in [0.2, 0.25) is 0 Å². The fourth-order valence-electron chi connectivity index (χ4n) is 1.59. The average molecular weight is 252 g/mol. The van der Waals surface area contributed by atoms with Crippen molar-refractivity contribution in [2.24, 2.45) is 0 Å². The van der Waals surface area contributed by atoms with E-state index in [-0.39, 0.29) is 10.6 Å². The number of nitro groups is 1. The van der Waals surface area contributed by atoms with Crippen molar-refractivity contribution in [2.45, 2.75) is 19.8 Å². The lowest BCUT2D eigenvalue weighted by Gasteiger charge is -2.05. The van der Waals surface area contributed by atoms with Crippen LogP contribution < -0.4 is 5.32 Å². The number of nitrogens with zero attached hydrogens (tertiary/aromatic N) is 1. The van der Waals surface area contributed by atoms with Gasteiger partial charge in [0, 0.05) is 25.3 Å². The molecule has 0 unspecified atom stereocenters. The van der Waals surface area contributed by atoms with Gasteiger partial charge in [0.1, 0.15) is 0 Å². The van der Waals surface area contributed by atoms with Crippen molar-refractivity contribution in [2.75, 3.05) is 26.3 Å². The summed E-state index contributed by atoms with van der Waals surface area (Å²) in [6.45, 7) is 5.36. The van der Waals surface area contributed by atoms with Crippen LogP contribution in [0.3, 0.4) is 0 Å². The van der Waals surface area contributed by atoms with Crippen molar-refractivity contribution in [1.29, 1.82) is 0 Å². The van der Waals surface area contributed by atoms with E-state index in [1.54, 1.807) is 24.3 Å². The Balaban J connectivity index is 2.14. The van der Waals surface area contributed by atoms with Crippen LogP contribution in [0.1, 0.15) is 18.9 Å². The van der Waals surface area contributed by atoms with E-state index in [4.69, 9.17) is 4.74 Å². The van der Waals surface area contributed by atoms with Gasteiger partial charge in [0.25, 0.3) is 5.69 Å². The minimum atomic E-state index is -0.379. The van der Waals surface area contributed by atoms with Crippen molar-refractivity contribution in [3.8, 4) is 0 Å². The normalized spacial score (nSPS) is 10.5. The van der Waals surface area contributed by atoms with Crippen molar-refractivity contribution >= 4 is 5.69 Å². The summed E-state index contributed by atoms with van der Waals surface area (Å²) in [5.41, 5.74) is 1.25. The second-order valence-electron chi connectivity index (χ2n) is 3.97. The molecule has 5 heteroatoms. The lowest BCUT2D eigenvalue weighted by atomic mass is 10.1. The van der Waals surface area contributed by atoms with Crippen molar-refractivity contribution in [1.82, 2.24) is 5.32 Å². The van der Waals surface area contributed by atoms with E-state index in [0.29, 0.717) is 0 Å². The molecule has 0 aliphatic heterocycles. The third kappa shape index (κ3) is 5.75. The van der Waals surface area contributed by atoms with Crippen LogP contribution in [0.15, 0.2) is 24.3 Å². The predicted molar refractivity (Wildman–Crippen MR) is 70.8 cm³/mol. The average Bonchev–Trinajstić information content (AvgIpc) is 2.38. The second kappa shape index (κ2) is 8.60. The van der Waals surface area contributed by atoms with E-state index >= 15 is 0 Å². The molecule has 1 N–H and O–H groups in total. The Bertz CT molecular complexity index is 352. The minimum Gasteiger partial charge on any atom is -0.382 e. The highest BCUT2D eigenvalue weighted by Gasteiger charge is 2.03. The highest BCUT2D eigenvalue weighted by atomic mass is 16.6. The van der Waals surface area contributed by atoms with E-state index < -0.39 is 0 Å². The Morgan fingerprint density at radius 1 is 1.28 bits per heavy atom. The molecule has 0 fully saturated rings. The molecular weight excluding hydrogens is 232 g/mol.